The van der Waals surface area contributed by atoms with E-state index in [0.29, 0.717) is 5.88 Å². The van der Waals surface area contributed by atoms with Crippen molar-refractivity contribution in [1.29, 1.82) is 0 Å². The zero-order valence-corrected chi connectivity index (χ0v) is 9.46. The zero-order valence-electron chi connectivity index (χ0n) is 8.70. The van der Waals surface area contributed by atoms with E-state index in [0.717, 1.165) is 24.1 Å². The van der Waals surface area contributed by atoms with E-state index in [4.69, 9.17) is 11.6 Å². The van der Waals surface area contributed by atoms with Crippen molar-refractivity contribution in [1.82, 2.24) is 14.9 Å². The van der Waals surface area contributed by atoms with Gasteiger partial charge in [0.2, 0.25) is 0 Å². The maximum absolute atomic E-state index is 5.59. The molecule has 15 heavy (non-hydrogen) atoms. The largest absolute Gasteiger partial charge is 0.334 e. The molecule has 1 aromatic carbocycles. The molecule has 0 spiro atoms. The lowest BCUT2D eigenvalue weighted by atomic mass is 10.2. The van der Waals surface area contributed by atoms with Crippen LogP contribution in [0, 0.1) is 0 Å². The number of rotatable bonds is 4. The van der Waals surface area contributed by atoms with Gasteiger partial charge in [-0.25, -0.2) is 4.98 Å². The fourth-order valence-electron chi connectivity index (χ4n) is 1.59. The van der Waals surface area contributed by atoms with Crippen molar-refractivity contribution < 1.29 is 0 Å². The smallest absolute Gasteiger partial charge is 0.0955 e. The third-order valence-corrected chi connectivity index (χ3v) is 2.58. The van der Waals surface area contributed by atoms with E-state index in [9.17, 15) is 0 Å². The molecular formula is C11H14ClN3. The predicted octanol–water partition coefficient (Wildman–Crippen LogP) is 1.90. The second-order valence-corrected chi connectivity index (χ2v) is 3.92. The molecule has 0 atom stereocenters. The lowest BCUT2D eigenvalue weighted by Gasteiger charge is -2.02. The van der Waals surface area contributed by atoms with E-state index in [1.165, 1.54) is 5.56 Å². The second kappa shape index (κ2) is 4.64. The number of benzene rings is 1. The molecule has 1 aromatic heterocycles. The number of nitrogens with zero attached hydrogens (tertiary/aromatic N) is 2. The Morgan fingerprint density at radius 3 is 3.13 bits per heavy atom. The third kappa shape index (κ3) is 2.30. The Morgan fingerprint density at radius 1 is 1.47 bits per heavy atom. The summed E-state index contributed by atoms with van der Waals surface area (Å²) < 4.78 is 2.02. The Morgan fingerprint density at radius 2 is 2.33 bits per heavy atom. The molecule has 1 heterocycles. The van der Waals surface area contributed by atoms with Crippen LogP contribution < -0.4 is 5.32 Å². The van der Waals surface area contributed by atoms with Gasteiger partial charge in [-0.1, -0.05) is 6.07 Å². The van der Waals surface area contributed by atoms with Gasteiger partial charge in [0.05, 0.1) is 17.4 Å². The average molecular weight is 224 g/mol. The van der Waals surface area contributed by atoms with Crippen molar-refractivity contribution in [3.05, 3.63) is 30.1 Å². The molecule has 0 bridgehead atoms. The Hall–Kier alpha value is -1.06. The standard InChI is InChI=1S/C11H14ClN3/c1-15-8-14-10-6-9(2-3-11(10)15)7-13-5-4-12/h2-3,6,8,13H,4-5,7H2,1H3. The van der Waals surface area contributed by atoms with Crippen LogP contribution in [0.3, 0.4) is 0 Å². The van der Waals surface area contributed by atoms with Gasteiger partial charge in [-0.3, -0.25) is 0 Å². The van der Waals surface area contributed by atoms with E-state index in [-0.39, 0.29) is 0 Å². The van der Waals surface area contributed by atoms with Gasteiger partial charge in [0, 0.05) is 26.0 Å². The van der Waals surface area contributed by atoms with Crippen LogP contribution in [0.4, 0.5) is 0 Å². The summed E-state index contributed by atoms with van der Waals surface area (Å²) in [5, 5.41) is 3.26. The van der Waals surface area contributed by atoms with Crippen LogP contribution in [0.2, 0.25) is 0 Å². The van der Waals surface area contributed by atoms with Crippen LogP contribution in [-0.2, 0) is 13.6 Å². The highest BCUT2D eigenvalue weighted by Crippen LogP contribution is 2.13. The van der Waals surface area contributed by atoms with Crippen LogP contribution in [0.5, 0.6) is 0 Å². The first kappa shape index (κ1) is 10.5. The topological polar surface area (TPSA) is 29.9 Å². The Kier molecular flexibility index (Phi) is 3.23. The van der Waals surface area contributed by atoms with Gasteiger partial charge < -0.3 is 9.88 Å². The van der Waals surface area contributed by atoms with Gasteiger partial charge >= 0.3 is 0 Å². The number of imidazole rings is 1. The molecule has 0 aliphatic heterocycles. The highest BCUT2D eigenvalue weighted by atomic mass is 35.5. The van der Waals surface area contributed by atoms with Crippen molar-refractivity contribution in [2.24, 2.45) is 7.05 Å². The fraction of sp³-hybridized carbons (Fsp3) is 0.364. The van der Waals surface area contributed by atoms with E-state index in [1.54, 1.807) is 0 Å². The van der Waals surface area contributed by atoms with Gasteiger partial charge in [0.25, 0.3) is 0 Å². The Bertz CT molecular complexity index is 450. The molecule has 0 radical (unpaired) electrons. The van der Waals surface area contributed by atoms with Crippen molar-refractivity contribution >= 4 is 22.6 Å². The fourth-order valence-corrected chi connectivity index (χ4v) is 1.72. The van der Waals surface area contributed by atoms with E-state index in [2.05, 4.69) is 28.5 Å². The molecule has 2 rings (SSSR count). The molecule has 0 unspecified atom stereocenters. The quantitative estimate of drug-likeness (QED) is 0.634. The molecule has 80 valence electrons. The van der Waals surface area contributed by atoms with Gasteiger partial charge in [0.15, 0.2) is 0 Å². The molecule has 0 saturated heterocycles. The van der Waals surface area contributed by atoms with Crippen LogP contribution in [0.15, 0.2) is 24.5 Å². The first-order valence-electron chi connectivity index (χ1n) is 4.98. The summed E-state index contributed by atoms with van der Waals surface area (Å²) in [5.41, 5.74) is 3.45. The van der Waals surface area contributed by atoms with Gasteiger partial charge in [-0.05, 0) is 17.7 Å². The molecule has 0 aliphatic carbocycles. The number of halogens is 1. The average Bonchev–Trinajstić information content (AvgIpc) is 2.61. The maximum Gasteiger partial charge on any atom is 0.0955 e. The minimum Gasteiger partial charge on any atom is -0.334 e. The van der Waals surface area contributed by atoms with Crippen molar-refractivity contribution in [3.8, 4) is 0 Å². The molecule has 0 amide bonds. The number of hydrogen-bond donors (Lipinski definition) is 1. The highest BCUT2D eigenvalue weighted by Gasteiger charge is 2.00. The molecule has 4 heteroatoms. The molecule has 2 aromatic rings. The number of aromatic nitrogens is 2. The first-order chi connectivity index (χ1) is 7.31. The lowest BCUT2D eigenvalue weighted by Crippen LogP contribution is -2.15. The second-order valence-electron chi connectivity index (χ2n) is 3.54. The van der Waals surface area contributed by atoms with E-state index in [1.807, 2.05) is 17.9 Å². The number of nitrogens with one attached hydrogen (secondary N) is 1. The van der Waals surface area contributed by atoms with Gasteiger partial charge in [-0.2, -0.15) is 0 Å². The third-order valence-electron chi connectivity index (χ3n) is 2.39. The first-order valence-corrected chi connectivity index (χ1v) is 5.51. The molecule has 0 fully saturated rings. The number of hydrogen-bond acceptors (Lipinski definition) is 2. The minimum atomic E-state index is 0.645. The highest BCUT2D eigenvalue weighted by molar-refractivity contribution is 6.18. The predicted molar refractivity (Wildman–Crippen MR) is 63.1 cm³/mol. The number of aryl methyl sites for hydroxylation is 1. The summed E-state index contributed by atoms with van der Waals surface area (Å²) in [6.45, 7) is 1.68. The summed E-state index contributed by atoms with van der Waals surface area (Å²) in [6, 6.07) is 6.32. The summed E-state index contributed by atoms with van der Waals surface area (Å²) >= 11 is 5.59. The van der Waals surface area contributed by atoms with Gasteiger partial charge in [0.1, 0.15) is 0 Å². The lowest BCUT2D eigenvalue weighted by molar-refractivity contribution is 0.731. The van der Waals surface area contributed by atoms with Crippen molar-refractivity contribution in [2.45, 2.75) is 6.54 Å². The normalized spacial score (nSPS) is 11.1. The summed E-state index contributed by atoms with van der Waals surface area (Å²) in [6.07, 6.45) is 1.83. The molecule has 0 aliphatic rings. The summed E-state index contributed by atoms with van der Waals surface area (Å²) in [4.78, 5) is 4.32. The molecule has 3 nitrogen and oxygen atoms in total. The Balaban J connectivity index is 2.16. The zero-order chi connectivity index (χ0) is 10.7. The number of alkyl halides is 1. The van der Waals surface area contributed by atoms with Crippen LogP contribution in [0.25, 0.3) is 11.0 Å². The Labute approximate surface area is 94.1 Å². The molecular weight excluding hydrogens is 210 g/mol. The number of fused-ring (bicyclic) bond motifs is 1. The summed E-state index contributed by atoms with van der Waals surface area (Å²) in [7, 11) is 2.00. The summed E-state index contributed by atoms with van der Waals surface area (Å²) in [5.74, 6) is 0.645. The van der Waals surface area contributed by atoms with Crippen molar-refractivity contribution in [2.75, 3.05) is 12.4 Å². The van der Waals surface area contributed by atoms with Gasteiger partial charge in [-0.15, -0.1) is 11.6 Å². The minimum absolute atomic E-state index is 0.645. The monoisotopic (exact) mass is 223 g/mol. The van der Waals surface area contributed by atoms with Crippen LogP contribution >= 0.6 is 11.6 Å². The van der Waals surface area contributed by atoms with E-state index < -0.39 is 0 Å². The molecule has 1 N–H and O–H groups in total. The molecule has 0 saturated carbocycles. The van der Waals surface area contributed by atoms with Crippen molar-refractivity contribution in [3.63, 3.8) is 0 Å². The maximum atomic E-state index is 5.59. The van der Waals surface area contributed by atoms with Crippen LogP contribution in [0.1, 0.15) is 5.56 Å². The van der Waals surface area contributed by atoms with E-state index >= 15 is 0 Å². The van der Waals surface area contributed by atoms with Crippen LogP contribution in [-0.4, -0.2) is 22.0 Å². The SMILES string of the molecule is Cn1cnc2cc(CNCCCl)ccc21.